The van der Waals surface area contributed by atoms with Gasteiger partial charge in [-0.2, -0.15) is 5.26 Å². The molecule has 0 atom stereocenters. The summed E-state index contributed by atoms with van der Waals surface area (Å²) in [5.74, 6) is 0.645. The number of methoxy groups -OCH3 is 1. The number of hydrogen-bond acceptors (Lipinski definition) is 4. The zero-order valence-electron chi connectivity index (χ0n) is 12.9. The molecule has 1 aliphatic rings. The number of nitrogens with one attached hydrogen (secondary N) is 1. The maximum absolute atomic E-state index is 9.07. The third-order valence-electron chi connectivity index (χ3n) is 3.99. The second-order valence-electron chi connectivity index (χ2n) is 5.58. The molecule has 1 fully saturated rings. The maximum Gasteiger partial charge on any atom is 0.136 e. The Morgan fingerprint density at radius 1 is 1.29 bits per heavy atom. The van der Waals surface area contributed by atoms with Crippen LogP contribution >= 0.6 is 0 Å². The van der Waals surface area contributed by atoms with Crippen molar-refractivity contribution in [2.75, 3.05) is 33.3 Å². The Morgan fingerprint density at radius 2 is 2.10 bits per heavy atom. The van der Waals surface area contributed by atoms with Crippen LogP contribution < -0.4 is 10.1 Å². The molecular formula is C17H25N3O. The first-order valence-electron chi connectivity index (χ1n) is 7.83. The smallest absolute Gasteiger partial charge is 0.136 e. The van der Waals surface area contributed by atoms with Gasteiger partial charge in [0.1, 0.15) is 11.8 Å². The molecule has 2 rings (SSSR count). The standard InChI is InChI=1S/C17H25N3O/c1-21-17-7-6-15(12-16(17)13-18)14-19-8-5-11-20-9-3-2-4-10-20/h6-7,12,19H,2-5,8-11,14H2,1H3. The van der Waals surface area contributed by atoms with Gasteiger partial charge in [0, 0.05) is 6.54 Å². The summed E-state index contributed by atoms with van der Waals surface area (Å²) in [6, 6.07) is 7.95. The topological polar surface area (TPSA) is 48.3 Å². The van der Waals surface area contributed by atoms with Gasteiger partial charge in [0.05, 0.1) is 12.7 Å². The largest absolute Gasteiger partial charge is 0.495 e. The number of rotatable bonds is 7. The van der Waals surface area contributed by atoms with Crippen LogP contribution in [-0.4, -0.2) is 38.2 Å². The van der Waals surface area contributed by atoms with Crippen molar-refractivity contribution in [2.24, 2.45) is 0 Å². The molecule has 0 spiro atoms. The monoisotopic (exact) mass is 287 g/mol. The molecule has 0 saturated carbocycles. The number of nitriles is 1. The van der Waals surface area contributed by atoms with Gasteiger partial charge in [0.2, 0.25) is 0 Å². The third kappa shape index (κ3) is 5.04. The molecule has 1 aromatic carbocycles. The van der Waals surface area contributed by atoms with Gasteiger partial charge >= 0.3 is 0 Å². The predicted octanol–water partition coefficient (Wildman–Crippen LogP) is 2.53. The Hall–Kier alpha value is -1.57. The van der Waals surface area contributed by atoms with E-state index in [0.717, 1.165) is 18.7 Å². The second-order valence-corrected chi connectivity index (χ2v) is 5.58. The Kier molecular flexibility index (Phi) is 6.52. The molecule has 1 aliphatic heterocycles. The van der Waals surface area contributed by atoms with Crippen molar-refractivity contribution >= 4 is 0 Å². The van der Waals surface area contributed by atoms with Gasteiger partial charge in [0.15, 0.2) is 0 Å². The van der Waals surface area contributed by atoms with Crippen LogP contribution in [0, 0.1) is 11.3 Å². The van der Waals surface area contributed by atoms with Crippen molar-refractivity contribution in [3.05, 3.63) is 29.3 Å². The fourth-order valence-corrected chi connectivity index (χ4v) is 2.80. The van der Waals surface area contributed by atoms with Crippen molar-refractivity contribution in [3.63, 3.8) is 0 Å². The summed E-state index contributed by atoms with van der Waals surface area (Å²) in [5, 5.41) is 12.5. The van der Waals surface area contributed by atoms with Gasteiger partial charge in [0.25, 0.3) is 0 Å². The summed E-state index contributed by atoms with van der Waals surface area (Å²) in [4.78, 5) is 2.56. The van der Waals surface area contributed by atoms with Crippen LogP contribution in [0.15, 0.2) is 18.2 Å². The molecule has 0 unspecified atom stereocenters. The predicted molar refractivity (Wildman–Crippen MR) is 84.3 cm³/mol. The molecule has 4 heteroatoms. The minimum atomic E-state index is 0.602. The lowest BCUT2D eigenvalue weighted by molar-refractivity contribution is 0.225. The second kappa shape index (κ2) is 8.66. The zero-order valence-corrected chi connectivity index (χ0v) is 12.9. The van der Waals surface area contributed by atoms with Gasteiger partial charge in [-0.15, -0.1) is 0 Å². The van der Waals surface area contributed by atoms with E-state index in [-0.39, 0.29) is 0 Å². The summed E-state index contributed by atoms with van der Waals surface area (Å²) in [6.45, 7) is 5.55. The molecule has 21 heavy (non-hydrogen) atoms. The molecule has 0 amide bonds. The molecule has 1 saturated heterocycles. The molecule has 1 aromatic rings. The fraction of sp³-hybridized carbons (Fsp3) is 0.588. The number of piperidine rings is 1. The molecular weight excluding hydrogens is 262 g/mol. The van der Waals surface area contributed by atoms with Crippen LogP contribution in [0.3, 0.4) is 0 Å². The molecule has 0 aliphatic carbocycles. The highest BCUT2D eigenvalue weighted by molar-refractivity contribution is 5.45. The average molecular weight is 287 g/mol. The first-order chi connectivity index (χ1) is 10.3. The SMILES string of the molecule is COc1ccc(CNCCCN2CCCCC2)cc1C#N. The number of nitrogens with zero attached hydrogens (tertiary/aromatic N) is 2. The lowest BCUT2D eigenvalue weighted by atomic mass is 10.1. The van der Waals surface area contributed by atoms with Crippen molar-refractivity contribution in [3.8, 4) is 11.8 Å². The minimum absolute atomic E-state index is 0.602. The van der Waals surface area contributed by atoms with Gasteiger partial charge in [-0.05, 0) is 63.1 Å². The normalized spacial score (nSPS) is 15.6. The minimum Gasteiger partial charge on any atom is -0.495 e. The van der Waals surface area contributed by atoms with Gasteiger partial charge < -0.3 is 15.0 Å². The van der Waals surface area contributed by atoms with Crippen LogP contribution in [0.2, 0.25) is 0 Å². The first-order valence-corrected chi connectivity index (χ1v) is 7.83. The van der Waals surface area contributed by atoms with E-state index in [1.165, 1.54) is 45.3 Å². The van der Waals surface area contributed by atoms with Crippen molar-refractivity contribution in [2.45, 2.75) is 32.2 Å². The van der Waals surface area contributed by atoms with E-state index >= 15 is 0 Å². The molecule has 114 valence electrons. The van der Waals surface area contributed by atoms with Gasteiger partial charge in [-0.3, -0.25) is 0 Å². The fourth-order valence-electron chi connectivity index (χ4n) is 2.80. The van der Waals surface area contributed by atoms with Crippen LogP contribution in [-0.2, 0) is 6.54 Å². The number of ether oxygens (including phenoxy) is 1. The highest BCUT2D eigenvalue weighted by atomic mass is 16.5. The summed E-state index contributed by atoms with van der Waals surface area (Å²) >= 11 is 0. The van der Waals surface area contributed by atoms with E-state index in [9.17, 15) is 0 Å². The average Bonchev–Trinajstić information content (AvgIpc) is 2.55. The van der Waals surface area contributed by atoms with E-state index in [1.807, 2.05) is 18.2 Å². The third-order valence-corrected chi connectivity index (χ3v) is 3.99. The van der Waals surface area contributed by atoms with E-state index in [0.29, 0.717) is 11.3 Å². The van der Waals surface area contributed by atoms with Crippen molar-refractivity contribution < 1.29 is 4.74 Å². The Bertz CT molecular complexity index is 475. The molecule has 4 nitrogen and oxygen atoms in total. The number of likely N-dealkylation sites (tertiary alicyclic amines) is 1. The van der Waals surface area contributed by atoms with Crippen LogP contribution in [0.5, 0.6) is 5.75 Å². The molecule has 0 radical (unpaired) electrons. The van der Waals surface area contributed by atoms with E-state index in [1.54, 1.807) is 7.11 Å². The van der Waals surface area contributed by atoms with E-state index < -0.39 is 0 Å². The molecule has 1 N–H and O–H groups in total. The quantitative estimate of drug-likeness (QED) is 0.783. The van der Waals surface area contributed by atoms with Crippen LogP contribution in [0.4, 0.5) is 0 Å². The summed E-state index contributed by atoms with van der Waals surface area (Å²) in [7, 11) is 1.59. The van der Waals surface area contributed by atoms with E-state index in [2.05, 4.69) is 16.3 Å². The van der Waals surface area contributed by atoms with Gasteiger partial charge in [-0.25, -0.2) is 0 Å². The number of benzene rings is 1. The zero-order chi connectivity index (χ0) is 14.9. The van der Waals surface area contributed by atoms with Crippen molar-refractivity contribution in [1.82, 2.24) is 10.2 Å². The summed E-state index contributed by atoms with van der Waals surface area (Å²) in [5.41, 5.74) is 1.73. The Labute approximate surface area is 127 Å². The molecule has 0 aromatic heterocycles. The summed E-state index contributed by atoms with van der Waals surface area (Å²) < 4.78 is 5.15. The maximum atomic E-state index is 9.07. The first kappa shape index (κ1) is 15.8. The van der Waals surface area contributed by atoms with Gasteiger partial charge in [-0.1, -0.05) is 12.5 Å². The van der Waals surface area contributed by atoms with Crippen LogP contribution in [0.1, 0.15) is 36.8 Å². The van der Waals surface area contributed by atoms with Crippen LogP contribution in [0.25, 0.3) is 0 Å². The van der Waals surface area contributed by atoms with Crippen molar-refractivity contribution in [1.29, 1.82) is 5.26 Å². The lowest BCUT2D eigenvalue weighted by Gasteiger charge is -2.26. The highest BCUT2D eigenvalue weighted by Crippen LogP contribution is 2.18. The molecule has 1 heterocycles. The summed E-state index contributed by atoms with van der Waals surface area (Å²) in [6.07, 6.45) is 5.29. The lowest BCUT2D eigenvalue weighted by Crippen LogP contribution is -2.32. The van der Waals surface area contributed by atoms with E-state index in [4.69, 9.17) is 10.00 Å². The highest BCUT2D eigenvalue weighted by Gasteiger charge is 2.08. The number of hydrogen-bond donors (Lipinski definition) is 1. The Morgan fingerprint density at radius 3 is 2.81 bits per heavy atom. The Balaban J connectivity index is 1.67. The molecule has 0 bridgehead atoms.